The van der Waals surface area contributed by atoms with E-state index in [-0.39, 0.29) is 12.5 Å². The largest absolute Gasteiger partial charge is 0.497 e. The maximum absolute atomic E-state index is 12.5. The van der Waals surface area contributed by atoms with Gasteiger partial charge in [-0.25, -0.2) is 4.79 Å². The number of ether oxygens (including phenoxy) is 2. The summed E-state index contributed by atoms with van der Waals surface area (Å²) in [5, 5.41) is 0. The van der Waals surface area contributed by atoms with E-state index in [4.69, 9.17) is 9.47 Å². The summed E-state index contributed by atoms with van der Waals surface area (Å²) in [6, 6.07) is 7.73. The SMILES string of the molecule is COc1cccc(/C=C/C(=O)OCC(=O)N2CCC[C@@H]3CCCC[C@H]32)c1. The van der Waals surface area contributed by atoms with Gasteiger partial charge < -0.3 is 14.4 Å². The van der Waals surface area contributed by atoms with Crippen LogP contribution in [0.4, 0.5) is 0 Å². The Balaban J connectivity index is 1.50. The predicted octanol–water partition coefficient (Wildman–Crippen LogP) is 3.43. The molecule has 1 aliphatic heterocycles. The summed E-state index contributed by atoms with van der Waals surface area (Å²) in [4.78, 5) is 26.4. The highest BCUT2D eigenvalue weighted by atomic mass is 16.5. The summed E-state index contributed by atoms with van der Waals surface area (Å²) in [6.07, 6.45) is 10.0. The van der Waals surface area contributed by atoms with Gasteiger partial charge in [-0.05, 0) is 55.4 Å². The second kappa shape index (κ2) is 8.88. The first-order chi connectivity index (χ1) is 12.7. The Kier molecular flexibility index (Phi) is 6.31. The van der Waals surface area contributed by atoms with Crippen LogP contribution >= 0.6 is 0 Å². The monoisotopic (exact) mass is 357 g/mol. The number of carbonyl (C=O) groups excluding carboxylic acids is 2. The zero-order valence-electron chi connectivity index (χ0n) is 15.4. The van der Waals surface area contributed by atoms with Gasteiger partial charge in [0, 0.05) is 18.7 Å². The maximum atomic E-state index is 12.5. The molecule has 5 heteroatoms. The summed E-state index contributed by atoms with van der Waals surface area (Å²) < 4.78 is 10.3. The minimum absolute atomic E-state index is 0.0651. The van der Waals surface area contributed by atoms with Gasteiger partial charge in [0.15, 0.2) is 6.61 Å². The third-order valence-corrected chi connectivity index (χ3v) is 5.41. The van der Waals surface area contributed by atoms with Crippen LogP contribution in [0.3, 0.4) is 0 Å². The molecule has 2 aliphatic rings. The first kappa shape index (κ1) is 18.5. The molecule has 0 aromatic heterocycles. The van der Waals surface area contributed by atoms with Crippen molar-refractivity contribution >= 4 is 18.0 Å². The lowest BCUT2D eigenvalue weighted by atomic mass is 9.78. The number of hydrogen-bond acceptors (Lipinski definition) is 4. The van der Waals surface area contributed by atoms with Crippen molar-refractivity contribution in [1.82, 2.24) is 4.90 Å². The van der Waals surface area contributed by atoms with Crippen LogP contribution in [0, 0.1) is 5.92 Å². The van der Waals surface area contributed by atoms with E-state index in [1.807, 2.05) is 29.2 Å². The normalized spacial score (nSPS) is 22.7. The Morgan fingerprint density at radius 3 is 2.85 bits per heavy atom. The molecule has 0 radical (unpaired) electrons. The van der Waals surface area contributed by atoms with Crippen LogP contribution in [0.2, 0.25) is 0 Å². The molecule has 3 rings (SSSR count). The van der Waals surface area contributed by atoms with E-state index >= 15 is 0 Å². The summed E-state index contributed by atoms with van der Waals surface area (Å²) >= 11 is 0. The van der Waals surface area contributed by atoms with Gasteiger partial charge >= 0.3 is 5.97 Å². The van der Waals surface area contributed by atoms with E-state index in [0.29, 0.717) is 12.0 Å². The average molecular weight is 357 g/mol. The number of methoxy groups -OCH3 is 1. The summed E-state index contributed by atoms with van der Waals surface area (Å²) in [6.45, 7) is 0.613. The number of carbonyl (C=O) groups is 2. The molecule has 1 amide bonds. The Morgan fingerprint density at radius 2 is 2.00 bits per heavy atom. The van der Waals surface area contributed by atoms with Crippen LogP contribution in [0.5, 0.6) is 5.75 Å². The third kappa shape index (κ3) is 4.65. The molecule has 140 valence electrons. The number of amides is 1. The molecule has 1 saturated heterocycles. The molecule has 0 unspecified atom stereocenters. The zero-order chi connectivity index (χ0) is 18.4. The van der Waals surface area contributed by atoms with E-state index in [9.17, 15) is 9.59 Å². The van der Waals surface area contributed by atoms with Crippen molar-refractivity contribution < 1.29 is 19.1 Å². The van der Waals surface area contributed by atoms with Crippen molar-refractivity contribution in [3.8, 4) is 5.75 Å². The molecule has 1 aliphatic carbocycles. The van der Waals surface area contributed by atoms with Crippen LogP contribution in [0.25, 0.3) is 6.08 Å². The van der Waals surface area contributed by atoms with Gasteiger partial charge in [0.25, 0.3) is 5.91 Å². The number of fused-ring (bicyclic) bond motifs is 1. The van der Waals surface area contributed by atoms with Gasteiger partial charge in [0.1, 0.15) is 5.75 Å². The number of nitrogens with zero attached hydrogens (tertiary/aromatic N) is 1. The fourth-order valence-corrected chi connectivity index (χ4v) is 4.11. The van der Waals surface area contributed by atoms with Crippen molar-refractivity contribution in [2.45, 2.75) is 44.6 Å². The van der Waals surface area contributed by atoms with Crippen molar-refractivity contribution in [2.75, 3.05) is 20.3 Å². The lowest BCUT2D eigenvalue weighted by molar-refractivity contribution is -0.151. The highest BCUT2D eigenvalue weighted by molar-refractivity contribution is 5.89. The zero-order valence-corrected chi connectivity index (χ0v) is 15.4. The van der Waals surface area contributed by atoms with Crippen LogP contribution in [-0.4, -0.2) is 43.1 Å². The Labute approximate surface area is 155 Å². The maximum Gasteiger partial charge on any atom is 0.331 e. The molecule has 0 spiro atoms. The average Bonchev–Trinajstić information content (AvgIpc) is 2.70. The summed E-state index contributed by atoms with van der Waals surface area (Å²) in [5.41, 5.74) is 0.841. The number of rotatable bonds is 5. The van der Waals surface area contributed by atoms with Crippen LogP contribution < -0.4 is 4.74 Å². The van der Waals surface area contributed by atoms with Crippen LogP contribution in [0.1, 0.15) is 44.1 Å². The van der Waals surface area contributed by atoms with Gasteiger partial charge in [-0.2, -0.15) is 0 Å². The van der Waals surface area contributed by atoms with Gasteiger partial charge in [-0.3, -0.25) is 4.79 Å². The Bertz CT molecular complexity index is 668. The second-order valence-electron chi connectivity index (χ2n) is 7.06. The second-order valence-corrected chi connectivity index (χ2v) is 7.06. The minimum Gasteiger partial charge on any atom is -0.497 e. The summed E-state index contributed by atoms with van der Waals surface area (Å²) in [7, 11) is 1.60. The molecule has 1 aromatic rings. The van der Waals surface area contributed by atoms with E-state index in [0.717, 1.165) is 30.7 Å². The fraction of sp³-hybridized carbons (Fsp3) is 0.524. The molecule has 1 aromatic carbocycles. The molecule has 1 heterocycles. The van der Waals surface area contributed by atoms with E-state index in [1.165, 1.54) is 31.8 Å². The fourth-order valence-electron chi connectivity index (χ4n) is 4.11. The van der Waals surface area contributed by atoms with Crippen LogP contribution in [-0.2, 0) is 14.3 Å². The molecule has 5 nitrogen and oxygen atoms in total. The van der Waals surface area contributed by atoms with Crippen molar-refractivity contribution in [3.63, 3.8) is 0 Å². The Hall–Kier alpha value is -2.30. The van der Waals surface area contributed by atoms with Gasteiger partial charge in [-0.1, -0.05) is 25.0 Å². The molecule has 26 heavy (non-hydrogen) atoms. The lowest BCUT2D eigenvalue weighted by Crippen LogP contribution is -2.50. The third-order valence-electron chi connectivity index (χ3n) is 5.41. The molecule has 1 saturated carbocycles. The molecule has 0 bridgehead atoms. The molecular weight excluding hydrogens is 330 g/mol. The van der Waals surface area contributed by atoms with E-state index in [1.54, 1.807) is 13.2 Å². The van der Waals surface area contributed by atoms with Crippen molar-refractivity contribution in [2.24, 2.45) is 5.92 Å². The van der Waals surface area contributed by atoms with E-state index in [2.05, 4.69) is 0 Å². The highest BCUT2D eigenvalue weighted by Gasteiger charge is 2.35. The topological polar surface area (TPSA) is 55.8 Å². The number of benzene rings is 1. The Morgan fingerprint density at radius 1 is 1.19 bits per heavy atom. The molecule has 2 fully saturated rings. The van der Waals surface area contributed by atoms with Crippen LogP contribution in [0.15, 0.2) is 30.3 Å². The number of esters is 1. The number of hydrogen-bond donors (Lipinski definition) is 0. The van der Waals surface area contributed by atoms with Crippen molar-refractivity contribution in [1.29, 1.82) is 0 Å². The number of likely N-dealkylation sites (tertiary alicyclic amines) is 1. The quantitative estimate of drug-likeness (QED) is 0.598. The molecule has 0 N–H and O–H groups in total. The van der Waals surface area contributed by atoms with Crippen molar-refractivity contribution in [3.05, 3.63) is 35.9 Å². The lowest BCUT2D eigenvalue weighted by Gasteiger charge is -2.44. The van der Waals surface area contributed by atoms with Gasteiger partial charge in [-0.15, -0.1) is 0 Å². The van der Waals surface area contributed by atoms with Gasteiger partial charge in [0.05, 0.1) is 7.11 Å². The molecule has 2 atom stereocenters. The smallest absolute Gasteiger partial charge is 0.331 e. The van der Waals surface area contributed by atoms with E-state index < -0.39 is 5.97 Å². The first-order valence-corrected chi connectivity index (χ1v) is 9.46. The molecular formula is C21H27NO4. The predicted molar refractivity (Wildman–Crippen MR) is 99.7 cm³/mol. The first-order valence-electron chi connectivity index (χ1n) is 9.46. The van der Waals surface area contributed by atoms with Gasteiger partial charge in [0.2, 0.25) is 0 Å². The highest BCUT2D eigenvalue weighted by Crippen LogP contribution is 2.35. The summed E-state index contributed by atoms with van der Waals surface area (Å²) in [5.74, 6) is 0.788. The minimum atomic E-state index is -0.502. The number of piperidine rings is 1. The standard InChI is InChI=1S/C21H27NO4/c1-25-18-9-4-6-16(14-18)11-12-21(24)26-15-20(23)22-13-5-8-17-7-2-3-10-19(17)22/h4,6,9,11-12,14,17,19H,2-3,5,7-8,10,13,15H2,1H3/b12-11+/t17-,19+/m0/s1.